The molecule has 0 aliphatic carbocycles. The first kappa shape index (κ1) is 20.8. The van der Waals surface area contributed by atoms with Crippen molar-refractivity contribution in [3.05, 3.63) is 56.5 Å². The summed E-state index contributed by atoms with van der Waals surface area (Å²) in [6.45, 7) is -0.658. The van der Waals surface area contributed by atoms with Gasteiger partial charge in [0.05, 0.1) is 12.3 Å². The Morgan fingerprint density at radius 2 is 1.83 bits per heavy atom. The van der Waals surface area contributed by atoms with Gasteiger partial charge in [-0.15, -0.1) is 0 Å². The minimum atomic E-state index is -1.72. The largest absolute Gasteiger partial charge is 0.493 e. The summed E-state index contributed by atoms with van der Waals surface area (Å²) in [6.07, 6.45) is -5.36. The second kappa shape index (κ2) is 8.23. The fourth-order valence-electron chi connectivity index (χ4n) is 2.89. The summed E-state index contributed by atoms with van der Waals surface area (Å²) < 4.78 is 18.8. The molecule has 12 heteroatoms. The van der Waals surface area contributed by atoms with Crippen molar-refractivity contribution < 1.29 is 34.7 Å². The Hall–Kier alpha value is -2.90. The van der Waals surface area contributed by atoms with E-state index >= 15 is 0 Å². The number of aromatic nitrogens is 2. The molecule has 2 aromatic rings. The molecule has 0 amide bonds. The van der Waals surface area contributed by atoms with E-state index in [-0.39, 0.29) is 5.69 Å². The third-order valence-corrected chi connectivity index (χ3v) is 4.45. The Morgan fingerprint density at radius 1 is 1.17 bits per heavy atom. The standard InChI is InChI=1S/C17H18FN3O8/c18-7-1-3-8(4-2-7)21-15(26)9(14(25)20-17(21)28)5-19-11-13(24)12(23)10(6-22)29-16(11)27/h1-5,10-13,16,22-24,26-27H,6H2,(H,20,25,28)/t10-,11+,12+,13+,16-/m0/s1. The van der Waals surface area contributed by atoms with Gasteiger partial charge in [0.15, 0.2) is 6.29 Å². The maximum absolute atomic E-state index is 13.1. The normalized spacial score (nSPS) is 27.4. The molecule has 1 aliphatic rings. The number of aliphatic hydroxyl groups is 4. The number of nitrogens with one attached hydrogen (secondary N) is 1. The molecule has 1 aromatic carbocycles. The van der Waals surface area contributed by atoms with E-state index in [1.54, 1.807) is 0 Å². The molecule has 1 fully saturated rings. The number of benzene rings is 1. The maximum Gasteiger partial charge on any atom is 0.335 e. The number of aliphatic hydroxyl groups excluding tert-OH is 4. The van der Waals surface area contributed by atoms with E-state index in [4.69, 9.17) is 9.84 Å². The van der Waals surface area contributed by atoms with Crippen LogP contribution in [0.15, 0.2) is 38.8 Å². The van der Waals surface area contributed by atoms with Crippen molar-refractivity contribution >= 4 is 6.21 Å². The van der Waals surface area contributed by atoms with Crippen LogP contribution >= 0.6 is 0 Å². The van der Waals surface area contributed by atoms with Crippen LogP contribution in [0, 0.1) is 5.82 Å². The molecule has 11 nitrogen and oxygen atoms in total. The van der Waals surface area contributed by atoms with Gasteiger partial charge >= 0.3 is 5.69 Å². The molecule has 5 atom stereocenters. The number of aromatic hydroxyl groups is 1. The molecule has 29 heavy (non-hydrogen) atoms. The van der Waals surface area contributed by atoms with Gasteiger partial charge in [0.1, 0.15) is 35.7 Å². The van der Waals surface area contributed by atoms with Gasteiger partial charge < -0.3 is 30.3 Å². The summed E-state index contributed by atoms with van der Waals surface area (Å²) >= 11 is 0. The van der Waals surface area contributed by atoms with Crippen LogP contribution in [-0.2, 0) is 4.74 Å². The van der Waals surface area contributed by atoms with Crippen LogP contribution in [0.25, 0.3) is 5.69 Å². The summed E-state index contributed by atoms with van der Waals surface area (Å²) in [5.74, 6) is -1.39. The number of H-pyrrole nitrogens is 1. The van der Waals surface area contributed by atoms with Crippen molar-refractivity contribution in [1.82, 2.24) is 9.55 Å². The number of rotatable bonds is 4. The number of nitrogens with zero attached hydrogens (tertiary/aromatic N) is 2. The van der Waals surface area contributed by atoms with Gasteiger partial charge in [-0.1, -0.05) is 0 Å². The van der Waals surface area contributed by atoms with Crippen LogP contribution < -0.4 is 11.2 Å². The average molecular weight is 411 g/mol. The van der Waals surface area contributed by atoms with Gasteiger partial charge in [0.25, 0.3) is 5.56 Å². The number of halogens is 1. The van der Waals surface area contributed by atoms with Crippen molar-refractivity contribution in [2.45, 2.75) is 30.6 Å². The summed E-state index contributed by atoms with van der Waals surface area (Å²) in [5.41, 5.74) is -2.43. The molecule has 3 rings (SSSR count). The average Bonchev–Trinajstić information content (AvgIpc) is 2.68. The summed E-state index contributed by atoms with van der Waals surface area (Å²) in [6, 6.07) is 3.04. The zero-order valence-corrected chi connectivity index (χ0v) is 14.7. The highest BCUT2D eigenvalue weighted by atomic mass is 19.1. The van der Waals surface area contributed by atoms with E-state index in [0.717, 1.165) is 18.3 Å². The van der Waals surface area contributed by atoms with Crippen molar-refractivity contribution in [1.29, 1.82) is 0 Å². The predicted octanol–water partition coefficient (Wildman–Crippen LogP) is -2.41. The molecule has 6 N–H and O–H groups in total. The van der Waals surface area contributed by atoms with E-state index in [1.165, 1.54) is 12.1 Å². The van der Waals surface area contributed by atoms with Crippen LogP contribution in [0.2, 0.25) is 0 Å². The number of hydrogen-bond donors (Lipinski definition) is 6. The van der Waals surface area contributed by atoms with Crippen LogP contribution in [0.4, 0.5) is 4.39 Å². The number of hydrogen-bond acceptors (Lipinski definition) is 9. The van der Waals surface area contributed by atoms with E-state index in [1.807, 2.05) is 4.98 Å². The molecule has 1 aromatic heterocycles. The summed E-state index contributed by atoms with van der Waals surface area (Å²) in [7, 11) is 0. The van der Waals surface area contributed by atoms with E-state index < -0.39 is 65.8 Å². The Labute approximate surface area is 161 Å². The van der Waals surface area contributed by atoms with E-state index in [0.29, 0.717) is 4.57 Å². The number of ether oxygens (including phenoxy) is 1. The first-order valence-corrected chi connectivity index (χ1v) is 8.42. The smallest absolute Gasteiger partial charge is 0.335 e. The lowest BCUT2D eigenvalue weighted by atomic mass is 9.97. The van der Waals surface area contributed by atoms with E-state index in [9.17, 15) is 34.4 Å². The lowest BCUT2D eigenvalue weighted by Gasteiger charge is -2.38. The third kappa shape index (κ3) is 3.97. The molecular formula is C17H18FN3O8. The Balaban J connectivity index is 1.99. The van der Waals surface area contributed by atoms with Crippen molar-refractivity contribution in [3.63, 3.8) is 0 Å². The number of aliphatic imine (C=N–C) groups is 1. The predicted molar refractivity (Wildman–Crippen MR) is 95.6 cm³/mol. The van der Waals surface area contributed by atoms with Crippen molar-refractivity contribution in [2.24, 2.45) is 4.99 Å². The van der Waals surface area contributed by atoms with Crippen molar-refractivity contribution in [2.75, 3.05) is 6.61 Å². The third-order valence-electron chi connectivity index (χ3n) is 4.45. The van der Waals surface area contributed by atoms with Gasteiger partial charge in [-0.25, -0.2) is 13.8 Å². The Kier molecular flexibility index (Phi) is 5.91. The second-order valence-electron chi connectivity index (χ2n) is 6.31. The SMILES string of the molecule is O=c1[nH]c(=O)n(-c2ccc(F)cc2)c(O)c1C=N[C@@H]1[C@@H](O)[C@H](O)[C@H](CO)O[C@@H]1O. The van der Waals surface area contributed by atoms with Crippen LogP contribution in [-0.4, -0.2) is 78.5 Å². The quantitative estimate of drug-likeness (QED) is 0.301. The lowest BCUT2D eigenvalue weighted by Crippen LogP contribution is -2.57. The zero-order valence-electron chi connectivity index (χ0n) is 14.7. The van der Waals surface area contributed by atoms with Crippen molar-refractivity contribution in [3.8, 4) is 11.6 Å². The van der Waals surface area contributed by atoms with Gasteiger partial charge in [-0.3, -0.25) is 14.8 Å². The molecule has 0 bridgehead atoms. The molecule has 1 aliphatic heterocycles. The van der Waals surface area contributed by atoms with Gasteiger partial charge in [-0.05, 0) is 24.3 Å². The van der Waals surface area contributed by atoms with Crippen LogP contribution in [0.5, 0.6) is 5.88 Å². The molecule has 2 heterocycles. The Bertz CT molecular complexity index is 1020. The highest BCUT2D eigenvalue weighted by Gasteiger charge is 2.43. The summed E-state index contributed by atoms with van der Waals surface area (Å²) in [5, 5.41) is 49.3. The minimum Gasteiger partial charge on any atom is -0.493 e. The molecule has 0 unspecified atom stereocenters. The molecule has 0 saturated carbocycles. The highest BCUT2D eigenvalue weighted by molar-refractivity contribution is 5.82. The van der Waals surface area contributed by atoms with E-state index in [2.05, 4.69) is 4.99 Å². The Morgan fingerprint density at radius 3 is 2.45 bits per heavy atom. The lowest BCUT2D eigenvalue weighted by molar-refractivity contribution is -0.248. The number of aromatic amines is 1. The maximum atomic E-state index is 13.1. The monoisotopic (exact) mass is 411 g/mol. The second-order valence-corrected chi connectivity index (χ2v) is 6.31. The first-order valence-electron chi connectivity index (χ1n) is 8.42. The molecule has 156 valence electrons. The topological polar surface area (TPSA) is 178 Å². The molecule has 1 saturated heterocycles. The summed E-state index contributed by atoms with van der Waals surface area (Å²) in [4.78, 5) is 29.9. The van der Waals surface area contributed by atoms with Gasteiger partial charge in [0, 0.05) is 6.21 Å². The first-order chi connectivity index (χ1) is 13.7. The van der Waals surface area contributed by atoms with Gasteiger partial charge in [0.2, 0.25) is 5.88 Å². The minimum absolute atomic E-state index is 0.0575. The fraction of sp³-hybridized carbons (Fsp3) is 0.353. The highest BCUT2D eigenvalue weighted by Crippen LogP contribution is 2.22. The fourth-order valence-corrected chi connectivity index (χ4v) is 2.89. The van der Waals surface area contributed by atoms with Gasteiger partial charge in [-0.2, -0.15) is 0 Å². The molecule has 0 radical (unpaired) electrons. The van der Waals surface area contributed by atoms with Crippen LogP contribution in [0.3, 0.4) is 0 Å². The zero-order chi connectivity index (χ0) is 21.3. The molecular weight excluding hydrogens is 393 g/mol. The van der Waals surface area contributed by atoms with Crippen LogP contribution in [0.1, 0.15) is 5.56 Å². The molecule has 0 spiro atoms.